The molecule has 0 aliphatic rings. The van der Waals surface area contributed by atoms with E-state index in [2.05, 4.69) is 9.97 Å². The van der Waals surface area contributed by atoms with Gasteiger partial charge in [-0.25, -0.2) is 4.98 Å². The summed E-state index contributed by atoms with van der Waals surface area (Å²) in [4.78, 5) is 7.61. The normalized spacial score (nSPS) is 11.7. The zero-order valence-electron chi connectivity index (χ0n) is 10.0. The molecule has 0 radical (unpaired) electrons. The lowest BCUT2D eigenvalue weighted by Crippen LogP contribution is -1.84. The summed E-state index contributed by atoms with van der Waals surface area (Å²) in [6.45, 7) is 0. The Morgan fingerprint density at radius 1 is 1.16 bits per heavy atom. The fourth-order valence-corrected chi connectivity index (χ4v) is 2.83. The first-order valence-electron chi connectivity index (χ1n) is 5.79. The van der Waals surface area contributed by atoms with E-state index in [-0.39, 0.29) is 0 Å². The molecule has 0 aliphatic heterocycles. The third kappa shape index (κ3) is 1.32. The summed E-state index contributed by atoms with van der Waals surface area (Å²) in [6, 6.07) is 7.66. The van der Waals surface area contributed by atoms with Crippen LogP contribution in [0.25, 0.3) is 32.9 Å². The molecule has 5 heteroatoms. The Labute approximate surface area is 112 Å². The summed E-state index contributed by atoms with van der Waals surface area (Å²) >= 11 is 6.43. The largest absolute Gasteiger partial charge is 0.495 e. The van der Waals surface area contributed by atoms with E-state index in [0.717, 1.165) is 32.9 Å². The van der Waals surface area contributed by atoms with Gasteiger partial charge in [0.15, 0.2) is 12.0 Å². The third-order valence-electron chi connectivity index (χ3n) is 3.35. The summed E-state index contributed by atoms with van der Waals surface area (Å²) in [5.74, 6) is 0.649. The van der Waals surface area contributed by atoms with Crippen LogP contribution in [0.4, 0.5) is 0 Å². The standard InChI is InChI=1S/C14H9ClN2O2/c1-18-9-4-2-7-11(13(9)15)12-8(17-7)3-5-10-14(12)16-6-19-10/h2-6,17H,1H3. The minimum atomic E-state index is 0.585. The smallest absolute Gasteiger partial charge is 0.182 e. The van der Waals surface area contributed by atoms with Crippen molar-refractivity contribution in [3.8, 4) is 5.75 Å². The Morgan fingerprint density at radius 3 is 2.79 bits per heavy atom. The van der Waals surface area contributed by atoms with Crippen LogP contribution in [0.1, 0.15) is 0 Å². The zero-order valence-corrected chi connectivity index (χ0v) is 10.8. The van der Waals surface area contributed by atoms with Crippen LogP contribution in [-0.4, -0.2) is 17.1 Å². The van der Waals surface area contributed by atoms with E-state index >= 15 is 0 Å². The molecule has 0 saturated heterocycles. The van der Waals surface area contributed by atoms with Gasteiger partial charge in [-0.15, -0.1) is 0 Å². The number of nitrogens with zero attached hydrogens (tertiary/aromatic N) is 1. The average molecular weight is 273 g/mol. The number of H-pyrrole nitrogens is 1. The van der Waals surface area contributed by atoms with Gasteiger partial charge < -0.3 is 14.1 Å². The van der Waals surface area contributed by atoms with E-state index < -0.39 is 0 Å². The molecule has 1 N–H and O–H groups in total. The van der Waals surface area contributed by atoms with Gasteiger partial charge in [0, 0.05) is 21.8 Å². The van der Waals surface area contributed by atoms with Gasteiger partial charge in [0.1, 0.15) is 11.3 Å². The predicted molar refractivity (Wildman–Crippen MR) is 74.9 cm³/mol. The second-order valence-corrected chi connectivity index (χ2v) is 4.69. The first-order chi connectivity index (χ1) is 9.29. The lowest BCUT2D eigenvalue weighted by atomic mass is 10.1. The molecule has 19 heavy (non-hydrogen) atoms. The lowest BCUT2D eigenvalue weighted by Gasteiger charge is -2.03. The summed E-state index contributed by atoms with van der Waals surface area (Å²) in [7, 11) is 1.60. The minimum absolute atomic E-state index is 0.585. The maximum Gasteiger partial charge on any atom is 0.182 e. The monoisotopic (exact) mass is 272 g/mol. The molecule has 0 amide bonds. The Kier molecular flexibility index (Phi) is 2.05. The molecule has 4 rings (SSSR count). The van der Waals surface area contributed by atoms with E-state index in [1.165, 1.54) is 6.39 Å². The number of oxazole rings is 1. The van der Waals surface area contributed by atoms with Gasteiger partial charge in [-0.1, -0.05) is 11.6 Å². The minimum Gasteiger partial charge on any atom is -0.495 e. The van der Waals surface area contributed by atoms with Gasteiger partial charge in [0.25, 0.3) is 0 Å². The number of hydrogen-bond acceptors (Lipinski definition) is 3. The van der Waals surface area contributed by atoms with Crippen LogP contribution in [0.3, 0.4) is 0 Å². The molecule has 2 aromatic heterocycles. The Hall–Kier alpha value is -2.20. The molecular weight excluding hydrogens is 264 g/mol. The molecule has 2 heterocycles. The van der Waals surface area contributed by atoms with Gasteiger partial charge in [-0.2, -0.15) is 0 Å². The van der Waals surface area contributed by atoms with Crippen molar-refractivity contribution in [2.24, 2.45) is 0 Å². The molecule has 0 atom stereocenters. The predicted octanol–water partition coefficient (Wildman–Crippen LogP) is 4.12. The van der Waals surface area contributed by atoms with E-state index in [9.17, 15) is 0 Å². The van der Waals surface area contributed by atoms with Crippen molar-refractivity contribution in [2.75, 3.05) is 7.11 Å². The summed E-state index contributed by atoms with van der Waals surface area (Å²) in [5, 5.41) is 2.46. The number of aromatic amines is 1. The highest BCUT2D eigenvalue weighted by Gasteiger charge is 2.15. The quantitative estimate of drug-likeness (QED) is 0.567. The van der Waals surface area contributed by atoms with Gasteiger partial charge in [-0.05, 0) is 24.3 Å². The molecule has 0 unspecified atom stereocenters. The van der Waals surface area contributed by atoms with Crippen LogP contribution in [0, 0.1) is 0 Å². The maximum atomic E-state index is 6.43. The number of nitrogens with one attached hydrogen (secondary N) is 1. The molecule has 0 aliphatic carbocycles. The van der Waals surface area contributed by atoms with Crippen LogP contribution in [0.2, 0.25) is 5.02 Å². The number of methoxy groups -OCH3 is 1. The zero-order chi connectivity index (χ0) is 13.0. The first kappa shape index (κ1) is 10.7. The fraction of sp³-hybridized carbons (Fsp3) is 0.0714. The number of rotatable bonds is 1. The molecule has 0 fully saturated rings. The number of halogens is 1. The highest BCUT2D eigenvalue weighted by Crippen LogP contribution is 2.39. The molecule has 0 spiro atoms. The maximum absolute atomic E-state index is 6.43. The highest BCUT2D eigenvalue weighted by atomic mass is 35.5. The van der Waals surface area contributed by atoms with Gasteiger partial charge in [0.2, 0.25) is 0 Å². The second kappa shape index (κ2) is 3.65. The van der Waals surface area contributed by atoms with Crippen LogP contribution >= 0.6 is 11.6 Å². The van der Waals surface area contributed by atoms with E-state index in [1.807, 2.05) is 24.3 Å². The van der Waals surface area contributed by atoms with Crippen molar-refractivity contribution in [3.05, 3.63) is 35.7 Å². The highest BCUT2D eigenvalue weighted by molar-refractivity contribution is 6.40. The third-order valence-corrected chi connectivity index (χ3v) is 3.72. The summed E-state index contributed by atoms with van der Waals surface area (Å²) in [6.07, 6.45) is 1.44. The van der Waals surface area contributed by atoms with Crippen LogP contribution in [0.5, 0.6) is 5.75 Å². The van der Waals surface area contributed by atoms with Crippen LogP contribution in [-0.2, 0) is 0 Å². The Balaban J connectivity index is 2.32. The molecule has 4 aromatic rings. The molecule has 2 aromatic carbocycles. The van der Waals surface area contributed by atoms with E-state index in [4.69, 9.17) is 20.8 Å². The number of fused-ring (bicyclic) bond motifs is 5. The molecule has 0 saturated carbocycles. The summed E-state index contributed by atoms with van der Waals surface area (Å²) < 4.78 is 10.6. The van der Waals surface area contributed by atoms with Crippen LogP contribution in [0.15, 0.2) is 35.1 Å². The van der Waals surface area contributed by atoms with Gasteiger partial charge in [0.05, 0.1) is 12.1 Å². The van der Waals surface area contributed by atoms with Crippen molar-refractivity contribution in [2.45, 2.75) is 0 Å². The van der Waals surface area contributed by atoms with Crippen molar-refractivity contribution >= 4 is 44.5 Å². The molecule has 94 valence electrons. The number of ether oxygens (including phenoxy) is 1. The Morgan fingerprint density at radius 2 is 1.95 bits per heavy atom. The van der Waals surface area contributed by atoms with Crippen molar-refractivity contribution in [1.82, 2.24) is 9.97 Å². The fourth-order valence-electron chi connectivity index (χ4n) is 2.50. The Bertz CT molecular complexity index is 923. The molecular formula is C14H9ClN2O2. The van der Waals surface area contributed by atoms with Crippen molar-refractivity contribution in [3.63, 3.8) is 0 Å². The number of benzene rings is 2. The number of aromatic nitrogens is 2. The average Bonchev–Trinajstić information content (AvgIpc) is 3.02. The van der Waals surface area contributed by atoms with Crippen LogP contribution < -0.4 is 4.74 Å². The SMILES string of the molecule is COc1ccc2[nH]c3ccc4ocnc4c3c2c1Cl. The van der Waals surface area contributed by atoms with Crippen molar-refractivity contribution < 1.29 is 9.15 Å². The first-order valence-corrected chi connectivity index (χ1v) is 6.17. The summed E-state index contributed by atoms with van der Waals surface area (Å²) in [5.41, 5.74) is 3.48. The molecule has 0 bridgehead atoms. The lowest BCUT2D eigenvalue weighted by molar-refractivity contribution is 0.415. The van der Waals surface area contributed by atoms with Gasteiger partial charge >= 0.3 is 0 Å². The second-order valence-electron chi connectivity index (χ2n) is 4.32. The van der Waals surface area contributed by atoms with Crippen molar-refractivity contribution in [1.29, 1.82) is 0 Å². The molecule has 4 nitrogen and oxygen atoms in total. The number of hydrogen-bond donors (Lipinski definition) is 1. The van der Waals surface area contributed by atoms with Gasteiger partial charge in [-0.3, -0.25) is 0 Å². The van der Waals surface area contributed by atoms with E-state index in [1.54, 1.807) is 7.11 Å². The topological polar surface area (TPSA) is 51.0 Å². The van der Waals surface area contributed by atoms with E-state index in [0.29, 0.717) is 10.8 Å².